The fraction of sp³-hybridized carbons (Fsp3) is 0.133. The molecule has 0 aliphatic carbocycles. The molecule has 0 bridgehead atoms. The zero-order chi connectivity index (χ0) is 14.8. The average molecular weight is 413 g/mol. The van der Waals surface area contributed by atoms with Gasteiger partial charge in [0.2, 0.25) is 6.79 Å². The van der Waals surface area contributed by atoms with Gasteiger partial charge in [0, 0.05) is 15.5 Å². The van der Waals surface area contributed by atoms with E-state index >= 15 is 0 Å². The summed E-state index contributed by atoms with van der Waals surface area (Å²) in [5, 5.41) is 2.89. The van der Waals surface area contributed by atoms with Gasteiger partial charge in [0.1, 0.15) is 0 Å². The molecule has 3 rings (SSSR count). The van der Waals surface area contributed by atoms with Crippen LogP contribution in [-0.4, -0.2) is 12.7 Å². The lowest BCUT2D eigenvalue weighted by Crippen LogP contribution is -2.23. The van der Waals surface area contributed by atoms with Crippen LogP contribution in [0.3, 0.4) is 0 Å². The summed E-state index contributed by atoms with van der Waals surface area (Å²) in [6.07, 6.45) is 0. The number of rotatable bonds is 3. The molecular formula is C15H11Br2NO3. The Morgan fingerprint density at radius 1 is 1.10 bits per heavy atom. The summed E-state index contributed by atoms with van der Waals surface area (Å²) in [4.78, 5) is 12.2. The summed E-state index contributed by atoms with van der Waals surface area (Å²) >= 11 is 6.74. The van der Waals surface area contributed by atoms with Gasteiger partial charge < -0.3 is 14.8 Å². The van der Waals surface area contributed by atoms with Crippen molar-refractivity contribution in [1.29, 1.82) is 0 Å². The van der Waals surface area contributed by atoms with Crippen LogP contribution in [0.1, 0.15) is 15.9 Å². The fourth-order valence-electron chi connectivity index (χ4n) is 2.00. The average Bonchev–Trinajstić information content (AvgIpc) is 2.94. The first-order valence-corrected chi connectivity index (χ1v) is 7.84. The number of carbonyl (C=O) groups is 1. The second kappa shape index (κ2) is 6.07. The van der Waals surface area contributed by atoms with Crippen molar-refractivity contribution in [3.8, 4) is 11.5 Å². The molecule has 0 spiro atoms. The highest BCUT2D eigenvalue weighted by atomic mass is 79.9. The minimum atomic E-state index is -0.138. The van der Waals surface area contributed by atoms with Crippen molar-refractivity contribution < 1.29 is 14.3 Å². The molecule has 1 N–H and O–H groups in total. The van der Waals surface area contributed by atoms with Crippen LogP contribution in [0.5, 0.6) is 11.5 Å². The molecule has 1 heterocycles. The van der Waals surface area contributed by atoms with E-state index in [9.17, 15) is 4.79 Å². The van der Waals surface area contributed by atoms with Crippen LogP contribution in [0.15, 0.2) is 45.3 Å². The number of halogens is 2. The number of ether oxygens (including phenoxy) is 2. The van der Waals surface area contributed by atoms with Crippen LogP contribution in [0, 0.1) is 0 Å². The lowest BCUT2D eigenvalue weighted by Gasteiger charge is -2.08. The second-order valence-electron chi connectivity index (χ2n) is 4.49. The predicted molar refractivity (Wildman–Crippen MR) is 85.6 cm³/mol. The van der Waals surface area contributed by atoms with E-state index in [-0.39, 0.29) is 12.7 Å². The Bertz CT molecular complexity index is 703. The number of fused-ring (bicyclic) bond motifs is 1. The minimum absolute atomic E-state index is 0.138. The molecule has 1 aliphatic rings. The lowest BCUT2D eigenvalue weighted by molar-refractivity contribution is 0.0950. The van der Waals surface area contributed by atoms with Crippen molar-refractivity contribution in [2.45, 2.75) is 6.54 Å². The van der Waals surface area contributed by atoms with Crippen molar-refractivity contribution in [2.24, 2.45) is 0 Å². The maximum Gasteiger partial charge on any atom is 0.252 e. The Kier molecular flexibility index (Phi) is 4.17. The quantitative estimate of drug-likeness (QED) is 0.832. The van der Waals surface area contributed by atoms with E-state index in [0.717, 1.165) is 20.3 Å². The van der Waals surface area contributed by atoms with Gasteiger partial charge in [-0.3, -0.25) is 4.79 Å². The Balaban J connectivity index is 1.70. The first kappa shape index (κ1) is 14.4. The Morgan fingerprint density at radius 2 is 1.90 bits per heavy atom. The van der Waals surface area contributed by atoms with E-state index in [2.05, 4.69) is 37.2 Å². The first-order chi connectivity index (χ1) is 10.1. The summed E-state index contributed by atoms with van der Waals surface area (Å²) < 4.78 is 12.2. The van der Waals surface area contributed by atoms with Crippen molar-refractivity contribution in [3.63, 3.8) is 0 Å². The van der Waals surface area contributed by atoms with E-state index in [4.69, 9.17) is 9.47 Å². The van der Waals surface area contributed by atoms with E-state index in [1.165, 1.54) is 0 Å². The third-order valence-corrected chi connectivity index (χ3v) is 4.25. The van der Waals surface area contributed by atoms with E-state index in [0.29, 0.717) is 17.9 Å². The molecule has 2 aromatic rings. The molecule has 0 atom stereocenters. The zero-order valence-electron chi connectivity index (χ0n) is 10.9. The van der Waals surface area contributed by atoms with Crippen LogP contribution < -0.4 is 14.8 Å². The molecule has 1 amide bonds. The summed E-state index contributed by atoms with van der Waals surface area (Å²) in [6.45, 7) is 0.671. The van der Waals surface area contributed by atoms with E-state index < -0.39 is 0 Å². The normalized spacial score (nSPS) is 12.3. The predicted octanol–water partition coefficient (Wildman–Crippen LogP) is 3.87. The number of nitrogens with one attached hydrogen (secondary N) is 1. The van der Waals surface area contributed by atoms with Gasteiger partial charge in [-0.15, -0.1) is 0 Å². The molecule has 4 nitrogen and oxygen atoms in total. The first-order valence-electron chi connectivity index (χ1n) is 6.25. The summed E-state index contributed by atoms with van der Waals surface area (Å²) in [6, 6.07) is 11.1. The van der Waals surface area contributed by atoms with E-state index in [1.54, 1.807) is 6.07 Å². The van der Waals surface area contributed by atoms with Gasteiger partial charge in [-0.25, -0.2) is 0 Å². The molecular weight excluding hydrogens is 402 g/mol. The van der Waals surface area contributed by atoms with Crippen LogP contribution in [0.4, 0.5) is 0 Å². The smallest absolute Gasteiger partial charge is 0.252 e. The van der Waals surface area contributed by atoms with Gasteiger partial charge in [-0.2, -0.15) is 0 Å². The molecule has 0 radical (unpaired) electrons. The molecule has 0 saturated carbocycles. The van der Waals surface area contributed by atoms with Crippen molar-refractivity contribution >= 4 is 37.8 Å². The molecule has 6 heteroatoms. The SMILES string of the molecule is O=C(NCc1ccc2c(c1)OCO2)c1cc(Br)ccc1Br. The summed E-state index contributed by atoms with van der Waals surface area (Å²) in [5.41, 5.74) is 1.55. The molecule has 108 valence electrons. The van der Waals surface area contributed by atoms with E-state index in [1.807, 2.05) is 30.3 Å². The van der Waals surface area contributed by atoms with Crippen LogP contribution in [0.25, 0.3) is 0 Å². The Morgan fingerprint density at radius 3 is 2.76 bits per heavy atom. The third kappa shape index (κ3) is 3.22. The highest BCUT2D eigenvalue weighted by molar-refractivity contribution is 9.11. The highest BCUT2D eigenvalue weighted by Crippen LogP contribution is 2.32. The van der Waals surface area contributed by atoms with Gasteiger partial charge in [0.25, 0.3) is 5.91 Å². The molecule has 0 saturated heterocycles. The Labute approximate surface area is 138 Å². The molecule has 2 aromatic carbocycles. The molecule has 1 aliphatic heterocycles. The summed E-state index contributed by atoms with van der Waals surface area (Å²) in [7, 11) is 0. The Hall–Kier alpha value is -1.53. The van der Waals surface area contributed by atoms with Gasteiger partial charge in [-0.1, -0.05) is 22.0 Å². The number of hydrogen-bond donors (Lipinski definition) is 1. The van der Waals surface area contributed by atoms with Gasteiger partial charge in [0.05, 0.1) is 5.56 Å². The minimum Gasteiger partial charge on any atom is -0.454 e. The largest absolute Gasteiger partial charge is 0.454 e. The van der Waals surface area contributed by atoms with Gasteiger partial charge in [0.15, 0.2) is 11.5 Å². The topological polar surface area (TPSA) is 47.6 Å². The molecule has 0 aromatic heterocycles. The van der Waals surface area contributed by atoms with Crippen LogP contribution in [-0.2, 0) is 6.54 Å². The van der Waals surface area contributed by atoms with Crippen molar-refractivity contribution in [2.75, 3.05) is 6.79 Å². The van der Waals surface area contributed by atoms with Crippen LogP contribution >= 0.6 is 31.9 Å². The molecule has 21 heavy (non-hydrogen) atoms. The lowest BCUT2D eigenvalue weighted by atomic mass is 10.2. The number of carbonyl (C=O) groups excluding carboxylic acids is 1. The zero-order valence-corrected chi connectivity index (χ0v) is 14.0. The second-order valence-corrected chi connectivity index (χ2v) is 6.26. The summed E-state index contributed by atoms with van der Waals surface area (Å²) in [5.74, 6) is 1.31. The van der Waals surface area contributed by atoms with Gasteiger partial charge in [-0.05, 0) is 51.8 Å². The highest BCUT2D eigenvalue weighted by Gasteiger charge is 2.14. The maximum absolute atomic E-state index is 12.2. The van der Waals surface area contributed by atoms with Crippen molar-refractivity contribution in [1.82, 2.24) is 5.32 Å². The fourth-order valence-corrected chi connectivity index (χ4v) is 2.79. The monoisotopic (exact) mass is 411 g/mol. The third-order valence-electron chi connectivity index (χ3n) is 3.06. The van der Waals surface area contributed by atoms with Gasteiger partial charge >= 0.3 is 0 Å². The number of amides is 1. The maximum atomic E-state index is 12.2. The van der Waals surface area contributed by atoms with Crippen LogP contribution in [0.2, 0.25) is 0 Å². The molecule has 0 unspecified atom stereocenters. The number of benzene rings is 2. The van der Waals surface area contributed by atoms with Crippen molar-refractivity contribution in [3.05, 3.63) is 56.5 Å². The standard InChI is InChI=1S/C15H11Br2NO3/c16-10-2-3-12(17)11(6-10)15(19)18-7-9-1-4-13-14(5-9)21-8-20-13/h1-6H,7-8H2,(H,18,19). The number of hydrogen-bond acceptors (Lipinski definition) is 3. The molecule has 0 fully saturated rings.